The number of aliphatic hydroxyl groups excluding tert-OH is 1. The topological polar surface area (TPSA) is 105 Å². The highest BCUT2D eigenvalue weighted by Crippen LogP contribution is 2.30. The number of nitrogens with one attached hydrogen (secondary N) is 1. The number of hydrogen-bond donors (Lipinski definition) is 2. The minimum Gasteiger partial charge on any atom is -0.394 e. The lowest BCUT2D eigenvalue weighted by Crippen LogP contribution is -2.40. The van der Waals surface area contributed by atoms with Crippen molar-refractivity contribution in [2.24, 2.45) is 0 Å². The predicted octanol–water partition coefficient (Wildman–Crippen LogP) is 2.21. The van der Waals surface area contributed by atoms with Gasteiger partial charge >= 0.3 is 0 Å². The fourth-order valence-corrected chi connectivity index (χ4v) is 2.99. The first kappa shape index (κ1) is 18.8. The number of morpholine rings is 1. The summed E-state index contributed by atoms with van der Waals surface area (Å²) in [6, 6.07) is 13.0. The second kappa shape index (κ2) is 8.61. The average Bonchev–Trinajstić information content (AvgIpc) is 2.72. The molecule has 0 aromatic heterocycles. The Balaban J connectivity index is 1.85. The molecule has 1 heterocycles. The number of ether oxygens (including phenoxy) is 1. The number of nitro groups is 1. The van der Waals surface area contributed by atoms with Crippen molar-refractivity contribution < 1.29 is 19.6 Å². The summed E-state index contributed by atoms with van der Waals surface area (Å²) in [6.45, 7) is 1.63. The number of nitrogens with zero attached hydrogens (tertiary/aromatic N) is 2. The van der Waals surface area contributed by atoms with Crippen LogP contribution in [0.25, 0.3) is 0 Å². The van der Waals surface area contributed by atoms with Crippen molar-refractivity contribution in [2.75, 3.05) is 38.2 Å². The van der Waals surface area contributed by atoms with Crippen molar-refractivity contribution in [1.82, 2.24) is 4.90 Å². The fraction of sp³-hybridized carbons (Fsp3) is 0.316. The summed E-state index contributed by atoms with van der Waals surface area (Å²) in [6.07, 6.45) is 0. The molecule has 3 rings (SSSR count). The van der Waals surface area contributed by atoms with E-state index >= 15 is 0 Å². The van der Waals surface area contributed by atoms with Gasteiger partial charge in [-0.05, 0) is 17.7 Å². The SMILES string of the molecule is O=C(c1ccc(NC(CO)c2ccccc2)c([N+](=O)[O-])c1)N1CCOCC1. The monoisotopic (exact) mass is 371 g/mol. The van der Waals surface area contributed by atoms with Gasteiger partial charge in [-0.15, -0.1) is 0 Å². The zero-order chi connectivity index (χ0) is 19.2. The van der Waals surface area contributed by atoms with Gasteiger partial charge in [-0.3, -0.25) is 14.9 Å². The number of carbonyl (C=O) groups excluding carboxylic acids is 1. The van der Waals surface area contributed by atoms with Gasteiger partial charge in [0.1, 0.15) is 5.69 Å². The lowest BCUT2D eigenvalue weighted by Gasteiger charge is -2.27. The lowest BCUT2D eigenvalue weighted by atomic mass is 10.1. The van der Waals surface area contributed by atoms with Crippen LogP contribution >= 0.6 is 0 Å². The molecule has 142 valence electrons. The van der Waals surface area contributed by atoms with E-state index in [0.29, 0.717) is 26.3 Å². The molecule has 1 atom stereocenters. The number of benzene rings is 2. The maximum absolute atomic E-state index is 12.6. The van der Waals surface area contributed by atoms with Crippen molar-refractivity contribution in [1.29, 1.82) is 0 Å². The number of nitro benzene ring substituents is 1. The Morgan fingerprint density at radius 2 is 1.93 bits per heavy atom. The molecule has 1 unspecified atom stereocenters. The maximum Gasteiger partial charge on any atom is 0.293 e. The zero-order valence-corrected chi connectivity index (χ0v) is 14.7. The second-order valence-electron chi connectivity index (χ2n) is 6.18. The van der Waals surface area contributed by atoms with E-state index in [0.717, 1.165) is 5.56 Å². The molecule has 0 saturated carbocycles. The third-order valence-electron chi connectivity index (χ3n) is 4.45. The van der Waals surface area contributed by atoms with Gasteiger partial charge in [0.25, 0.3) is 11.6 Å². The van der Waals surface area contributed by atoms with Gasteiger partial charge < -0.3 is 20.1 Å². The summed E-state index contributed by atoms with van der Waals surface area (Å²) in [4.78, 5) is 25.2. The van der Waals surface area contributed by atoms with Crippen LogP contribution in [-0.2, 0) is 4.74 Å². The third kappa shape index (κ3) is 4.42. The molecule has 8 nitrogen and oxygen atoms in total. The van der Waals surface area contributed by atoms with Crippen LogP contribution in [0.2, 0.25) is 0 Å². The number of aliphatic hydroxyl groups is 1. The van der Waals surface area contributed by atoms with E-state index in [2.05, 4.69) is 5.32 Å². The van der Waals surface area contributed by atoms with Gasteiger partial charge in [0, 0.05) is 24.7 Å². The smallest absolute Gasteiger partial charge is 0.293 e. The quantitative estimate of drug-likeness (QED) is 0.596. The van der Waals surface area contributed by atoms with Crippen molar-refractivity contribution in [2.45, 2.75) is 6.04 Å². The average molecular weight is 371 g/mol. The second-order valence-corrected chi connectivity index (χ2v) is 6.18. The fourth-order valence-electron chi connectivity index (χ4n) is 2.99. The molecule has 2 aromatic carbocycles. The van der Waals surface area contributed by atoms with Crippen LogP contribution in [0.1, 0.15) is 22.0 Å². The zero-order valence-electron chi connectivity index (χ0n) is 14.7. The van der Waals surface area contributed by atoms with Crippen LogP contribution < -0.4 is 5.32 Å². The van der Waals surface area contributed by atoms with E-state index in [1.807, 2.05) is 30.3 Å². The van der Waals surface area contributed by atoms with Crippen LogP contribution in [0.5, 0.6) is 0 Å². The van der Waals surface area contributed by atoms with E-state index in [1.165, 1.54) is 12.1 Å². The van der Waals surface area contributed by atoms with Crippen molar-refractivity contribution in [3.63, 3.8) is 0 Å². The van der Waals surface area contributed by atoms with Crippen molar-refractivity contribution in [3.8, 4) is 0 Å². The number of carbonyl (C=O) groups is 1. The molecule has 2 N–H and O–H groups in total. The summed E-state index contributed by atoms with van der Waals surface area (Å²) >= 11 is 0. The molecule has 1 aliphatic heterocycles. The summed E-state index contributed by atoms with van der Waals surface area (Å²) < 4.78 is 5.23. The number of rotatable bonds is 6. The first-order valence-electron chi connectivity index (χ1n) is 8.68. The molecule has 0 spiro atoms. The van der Waals surface area contributed by atoms with Gasteiger partial charge in [-0.25, -0.2) is 0 Å². The minimum atomic E-state index is -0.530. The van der Waals surface area contributed by atoms with Gasteiger partial charge in [0.05, 0.1) is 30.8 Å². The van der Waals surface area contributed by atoms with E-state index in [-0.39, 0.29) is 29.5 Å². The van der Waals surface area contributed by atoms with Crippen LogP contribution in [0, 0.1) is 10.1 Å². The normalized spacial score (nSPS) is 15.2. The van der Waals surface area contributed by atoms with E-state index in [1.54, 1.807) is 11.0 Å². The summed E-state index contributed by atoms with van der Waals surface area (Å²) in [7, 11) is 0. The maximum atomic E-state index is 12.6. The predicted molar refractivity (Wildman–Crippen MR) is 99.7 cm³/mol. The number of amides is 1. The van der Waals surface area contributed by atoms with Crippen molar-refractivity contribution in [3.05, 3.63) is 69.8 Å². The molecule has 1 aliphatic rings. The number of anilines is 1. The Kier molecular flexibility index (Phi) is 6.00. The van der Waals surface area contributed by atoms with E-state index in [4.69, 9.17) is 4.74 Å². The van der Waals surface area contributed by atoms with Crippen molar-refractivity contribution >= 4 is 17.3 Å². The Morgan fingerprint density at radius 3 is 2.56 bits per heavy atom. The standard InChI is InChI=1S/C19H21N3O5/c23-13-17(14-4-2-1-3-5-14)20-16-7-6-15(12-18(16)22(25)26)19(24)21-8-10-27-11-9-21/h1-7,12,17,20,23H,8-11,13H2. The first-order chi connectivity index (χ1) is 13.1. The van der Waals surface area contributed by atoms with Crippen LogP contribution in [-0.4, -0.2) is 53.7 Å². The van der Waals surface area contributed by atoms with Gasteiger partial charge in [-0.2, -0.15) is 0 Å². The third-order valence-corrected chi connectivity index (χ3v) is 4.45. The Hall–Kier alpha value is -2.97. The van der Waals surface area contributed by atoms with Crippen LogP contribution in [0.4, 0.5) is 11.4 Å². The number of hydrogen-bond acceptors (Lipinski definition) is 6. The molecule has 1 fully saturated rings. The molecule has 1 amide bonds. The molecule has 0 bridgehead atoms. The van der Waals surface area contributed by atoms with E-state index in [9.17, 15) is 20.0 Å². The van der Waals surface area contributed by atoms with Gasteiger partial charge in [0.15, 0.2) is 0 Å². The molecular weight excluding hydrogens is 350 g/mol. The molecule has 1 saturated heterocycles. The van der Waals surface area contributed by atoms with E-state index < -0.39 is 11.0 Å². The first-order valence-corrected chi connectivity index (χ1v) is 8.68. The molecular formula is C19H21N3O5. The summed E-state index contributed by atoms with van der Waals surface area (Å²) in [5, 5.41) is 24.2. The Morgan fingerprint density at radius 1 is 1.22 bits per heavy atom. The molecule has 8 heteroatoms. The molecule has 2 aromatic rings. The largest absolute Gasteiger partial charge is 0.394 e. The highest BCUT2D eigenvalue weighted by atomic mass is 16.6. The minimum absolute atomic E-state index is 0.205. The lowest BCUT2D eigenvalue weighted by molar-refractivity contribution is -0.384. The Bertz CT molecular complexity index is 806. The van der Waals surface area contributed by atoms with Gasteiger partial charge in [-0.1, -0.05) is 30.3 Å². The molecule has 27 heavy (non-hydrogen) atoms. The Labute approximate surface area is 156 Å². The summed E-state index contributed by atoms with van der Waals surface area (Å²) in [5.74, 6) is -0.255. The highest BCUT2D eigenvalue weighted by Gasteiger charge is 2.24. The molecule has 0 aliphatic carbocycles. The highest BCUT2D eigenvalue weighted by molar-refractivity contribution is 5.95. The van der Waals surface area contributed by atoms with Crippen LogP contribution in [0.15, 0.2) is 48.5 Å². The molecule has 0 radical (unpaired) electrons. The van der Waals surface area contributed by atoms with Crippen LogP contribution in [0.3, 0.4) is 0 Å². The van der Waals surface area contributed by atoms with Gasteiger partial charge in [0.2, 0.25) is 0 Å². The summed E-state index contributed by atoms with van der Waals surface area (Å²) in [5.41, 5.74) is 1.11.